The SMILES string of the molecule is CN(C)c1cccc(C2(c3cccc(N(C)C)c3)C=Cc3c(NC(=O)C4CC4)n[nH]c3C2)c1. The van der Waals surface area contributed by atoms with Crippen LogP contribution in [0.1, 0.15) is 35.2 Å². The van der Waals surface area contributed by atoms with Crippen LogP contribution in [0.3, 0.4) is 0 Å². The van der Waals surface area contributed by atoms with E-state index in [2.05, 4.69) is 114 Å². The Balaban J connectivity index is 1.60. The number of amides is 1. The summed E-state index contributed by atoms with van der Waals surface area (Å²) in [6.07, 6.45) is 7.08. The molecule has 0 saturated heterocycles. The Morgan fingerprint density at radius 2 is 1.61 bits per heavy atom. The average Bonchev–Trinajstić information content (AvgIpc) is 3.61. The molecule has 0 bridgehead atoms. The van der Waals surface area contributed by atoms with Crippen LogP contribution < -0.4 is 15.1 Å². The van der Waals surface area contributed by atoms with Gasteiger partial charge in [-0.3, -0.25) is 9.89 Å². The zero-order valence-electron chi connectivity index (χ0n) is 19.7. The first-order valence-electron chi connectivity index (χ1n) is 11.5. The zero-order valence-corrected chi connectivity index (χ0v) is 19.7. The molecule has 2 N–H and O–H groups in total. The van der Waals surface area contributed by atoms with Crippen LogP contribution >= 0.6 is 0 Å². The summed E-state index contributed by atoms with van der Waals surface area (Å²) < 4.78 is 0. The lowest BCUT2D eigenvalue weighted by atomic mass is 9.68. The predicted molar refractivity (Wildman–Crippen MR) is 135 cm³/mol. The second kappa shape index (κ2) is 8.10. The summed E-state index contributed by atoms with van der Waals surface area (Å²) in [4.78, 5) is 16.6. The normalized spacial score (nSPS) is 16.2. The molecule has 3 aromatic rings. The van der Waals surface area contributed by atoms with Gasteiger partial charge in [0, 0.05) is 68.6 Å². The maximum Gasteiger partial charge on any atom is 0.228 e. The molecule has 0 unspecified atom stereocenters. The molecule has 170 valence electrons. The number of hydrogen-bond donors (Lipinski definition) is 2. The third-order valence-corrected chi connectivity index (χ3v) is 6.82. The number of carbonyl (C=O) groups is 1. The predicted octanol–water partition coefficient (Wildman–Crippen LogP) is 4.45. The molecule has 6 heteroatoms. The van der Waals surface area contributed by atoms with Gasteiger partial charge in [-0.1, -0.05) is 36.4 Å². The summed E-state index contributed by atoms with van der Waals surface area (Å²) >= 11 is 0. The van der Waals surface area contributed by atoms with Gasteiger partial charge in [0.15, 0.2) is 5.82 Å². The van der Waals surface area contributed by atoms with Gasteiger partial charge in [-0.25, -0.2) is 0 Å². The minimum Gasteiger partial charge on any atom is -0.378 e. The molecule has 1 fully saturated rings. The lowest BCUT2D eigenvalue weighted by Gasteiger charge is -2.35. The van der Waals surface area contributed by atoms with Crippen molar-refractivity contribution in [3.63, 3.8) is 0 Å². The van der Waals surface area contributed by atoms with E-state index in [4.69, 9.17) is 0 Å². The molecule has 0 aliphatic heterocycles. The van der Waals surface area contributed by atoms with Crippen LogP contribution in [-0.2, 0) is 16.6 Å². The van der Waals surface area contributed by atoms with E-state index < -0.39 is 0 Å². The Hall–Kier alpha value is -3.54. The summed E-state index contributed by atoms with van der Waals surface area (Å²) in [7, 11) is 8.27. The molecule has 5 rings (SSSR count). The summed E-state index contributed by atoms with van der Waals surface area (Å²) in [5.41, 5.74) is 6.44. The highest BCUT2D eigenvalue weighted by Gasteiger charge is 2.38. The van der Waals surface area contributed by atoms with Gasteiger partial charge in [0.1, 0.15) is 0 Å². The number of aromatic amines is 1. The number of carbonyl (C=O) groups excluding carboxylic acids is 1. The van der Waals surface area contributed by atoms with Crippen LogP contribution in [0.15, 0.2) is 54.6 Å². The van der Waals surface area contributed by atoms with Gasteiger partial charge in [-0.15, -0.1) is 0 Å². The third kappa shape index (κ3) is 3.90. The Bertz CT molecular complexity index is 1170. The van der Waals surface area contributed by atoms with Crippen LogP contribution in [0.2, 0.25) is 0 Å². The molecule has 6 nitrogen and oxygen atoms in total. The van der Waals surface area contributed by atoms with Crippen molar-refractivity contribution in [1.29, 1.82) is 0 Å². The summed E-state index contributed by atoms with van der Waals surface area (Å²) in [6, 6.07) is 17.5. The topological polar surface area (TPSA) is 64.3 Å². The molecule has 0 spiro atoms. The zero-order chi connectivity index (χ0) is 23.2. The lowest BCUT2D eigenvalue weighted by molar-refractivity contribution is -0.117. The fourth-order valence-electron chi connectivity index (χ4n) is 4.61. The van der Waals surface area contributed by atoms with Gasteiger partial charge in [-0.05, 0) is 48.2 Å². The van der Waals surface area contributed by atoms with E-state index in [9.17, 15) is 4.79 Å². The van der Waals surface area contributed by atoms with Crippen molar-refractivity contribution < 1.29 is 4.79 Å². The highest BCUT2D eigenvalue weighted by atomic mass is 16.2. The molecule has 1 amide bonds. The molecule has 1 heterocycles. The number of anilines is 3. The van der Waals surface area contributed by atoms with Crippen LogP contribution in [0.4, 0.5) is 17.2 Å². The second-order valence-corrected chi connectivity index (χ2v) is 9.60. The quantitative estimate of drug-likeness (QED) is 0.593. The number of H-pyrrole nitrogens is 1. The van der Waals surface area contributed by atoms with Crippen molar-refractivity contribution in [2.24, 2.45) is 5.92 Å². The van der Waals surface area contributed by atoms with Gasteiger partial charge < -0.3 is 15.1 Å². The van der Waals surface area contributed by atoms with Crippen LogP contribution in [0.25, 0.3) is 6.08 Å². The molecular formula is C27H31N5O. The largest absolute Gasteiger partial charge is 0.378 e. The Morgan fingerprint density at radius 1 is 1.00 bits per heavy atom. The van der Waals surface area contributed by atoms with E-state index in [1.807, 2.05) is 0 Å². The maximum atomic E-state index is 12.3. The van der Waals surface area contributed by atoms with Crippen LogP contribution in [0.5, 0.6) is 0 Å². The lowest BCUT2D eigenvalue weighted by Crippen LogP contribution is -2.31. The number of nitrogens with one attached hydrogen (secondary N) is 2. The van der Waals surface area contributed by atoms with E-state index in [-0.39, 0.29) is 17.2 Å². The molecule has 33 heavy (non-hydrogen) atoms. The standard InChI is InChI=1S/C27H31N5O/c1-31(2)21-9-5-7-19(15-21)27(20-8-6-10-22(16-20)32(3)4)14-13-23-24(17-27)29-30-25(23)28-26(33)18-11-12-18/h5-10,13-16,18H,11-12,17H2,1-4H3,(H2,28,29,30,33). The van der Waals surface area contributed by atoms with E-state index in [0.717, 1.165) is 41.9 Å². The highest BCUT2D eigenvalue weighted by Crippen LogP contribution is 2.44. The smallest absolute Gasteiger partial charge is 0.228 e. The molecule has 0 radical (unpaired) electrons. The molecule has 0 atom stereocenters. The number of fused-ring (bicyclic) bond motifs is 1. The molecule has 1 aromatic heterocycles. The Morgan fingerprint density at radius 3 is 2.15 bits per heavy atom. The number of benzene rings is 2. The molecule has 1 saturated carbocycles. The highest BCUT2D eigenvalue weighted by molar-refractivity contribution is 5.95. The maximum absolute atomic E-state index is 12.3. The molecular weight excluding hydrogens is 410 g/mol. The van der Waals surface area contributed by atoms with Gasteiger partial charge in [0.25, 0.3) is 0 Å². The van der Waals surface area contributed by atoms with Crippen LogP contribution in [0, 0.1) is 5.92 Å². The second-order valence-electron chi connectivity index (χ2n) is 9.60. The van der Waals surface area contributed by atoms with Crippen molar-refractivity contribution in [3.8, 4) is 0 Å². The Labute approximate surface area is 195 Å². The van der Waals surface area contributed by atoms with Crippen molar-refractivity contribution in [2.45, 2.75) is 24.7 Å². The summed E-state index contributed by atoms with van der Waals surface area (Å²) in [5, 5.41) is 10.7. The summed E-state index contributed by atoms with van der Waals surface area (Å²) in [6.45, 7) is 0. The Kier molecular flexibility index (Phi) is 5.23. The molecule has 2 aliphatic rings. The molecule has 2 aromatic carbocycles. The fraction of sp³-hybridized carbons (Fsp3) is 0.333. The fourth-order valence-corrected chi connectivity index (χ4v) is 4.61. The van der Waals surface area contributed by atoms with Crippen molar-refractivity contribution in [2.75, 3.05) is 43.3 Å². The first kappa shape index (κ1) is 21.3. The first-order chi connectivity index (χ1) is 15.9. The first-order valence-corrected chi connectivity index (χ1v) is 11.5. The monoisotopic (exact) mass is 441 g/mol. The minimum absolute atomic E-state index is 0.0758. The van der Waals surface area contributed by atoms with Gasteiger partial charge in [0.05, 0.1) is 0 Å². The van der Waals surface area contributed by atoms with Crippen molar-refractivity contribution in [3.05, 3.63) is 77.0 Å². The van der Waals surface area contributed by atoms with E-state index in [0.29, 0.717) is 5.82 Å². The van der Waals surface area contributed by atoms with Gasteiger partial charge in [-0.2, -0.15) is 5.10 Å². The number of allylic oxidation sites excluding steroid dienone is 1. The minimum atomic E-state index is -0.352. The van der Waals surface area contributed by atoms with Crippen LogP contribution in [-0.4, -0.2) is 44.3 Å². The average molecular weight is 442 g/mol. The van der Waals surface area contributed by atoms with E-state index in [1.165, 1.54) is 11.1 Å². The van der Waals surface area contributed by atoms with Gasteiger partial charge in [0.2, 0.25) is 5.91 Å². The van der Waals surface area contributed by atoms with Crippen molar-refractivity contribution in [1.82, 2.24) is 10.2 Å². The van der Waals surface area contributed by atoms with Gasteiger partial charge >= 0.3 is 0 Å². The summed E-state index contributed by atoms with van der Waals surface area (Å²) in [5.74, 6) is 0.856. The number of rotatable bonds is 6. The van der Waals surface area contributed by atoms with Crippen molar-refractivity contribution >= 4 is 29.2 Å². The third-order valence-electron chi connectivity index (χ3n) is 6.82. The number of hydrogen-bond acceptors (Lipinski definition) is 4. The number of nitrogens with zero attached hydrogens (tertiary/aromatic N) is 3. The number of aromatic nitrogens is 2. The van der Waals surface area contributed by atoms with E-state index >= 15 is 0 Å². The molecule has 2 aliphatic carbocycles. The van der Waals surface area contributed by atoms with E-state index in [1.54, 1.807) is 0 Å².